The number of ether oxygens (including phenoxy) is 5. The maximum Gasteiger partial charge on any atom is 0.408 e. The quantitative estimate of drug-likeness (QED) is 0.0681. The van der Waals surface area contributed by atoms with Gasteiger partial charge in [-0.05, 0) is 77.0 Å². The van der Waals surface area contributed by atoms with Crippen LogP contribution >= 0.6 is 0 Å². The molecule has 0 aromatic carbocycles. The molecule has 4 amide bonds. The number of esters is 4. The van der Waals surface area contributed by atoms with Crippen molar-refractivity contribution in [3.05, 3.63) is 0 Å². The van der Waals surface area contributed by atoms with Crippen LogP contribution in [0.25, 0.3) is 0 Å². The summed E-state index contributed by atoms with van der Waals surface area (Å²) in [5.74, 6) is -10.3. The van der Waals surface area contributed by atoms with Crippen molar-refractivity contribution in [2.75, 3.05) is 0 Å². The number of carbonyl (C=O) groups is 9. The van der Waals surface area contributed by atoms with Crippen molar-refractivity contribution < 1.29 is 71.9 Å². The maximum atomic E-state index is 13.7. The molecule has 0 heterocycles. The molecule has 0 unspecified atom stereocenters. The molecule has 0 bridgehead atoms. The van der Waals surface area contributed by atoms with Crippen LogP contribution in [0.1, 0.15) is 131 Å². The monoisotopic (exact) mass is 887 g/mol. The van der Waals surface area contributed by atoms with Gasteiger partial charge in [0.15, 0.2) is 18.3 Å². The Bertz CT molecular complexity index is 1550. The van der Waals surface area contributed by atoms with E-state index >= 15 is 0 Å². The number of hydrogen-bond donors (Lipinski definition) is 5. The molecule has 0 spiro atoms. The molecule has 0 saturated heterocycles. The van der Waals surface area contributed by atoms with Gasteiger partial charge in [-0.2, -0.15) is 0 Å². The predicted molar refractivity (Wildman–Crippen MR) is 226 cm³/mol. The van der Waals surface area contributed by atoms with E-state index in [9.17, 15) is 48.3 Å². The minimum Gasteiger partial charge on any atom is -0.478 e. The lowest BCUT2D eigenvalue weighted by atomic mass is 10.0. The fraction of sp³-hybridized carbons (Fsp3) is 0.791. The number of aliphatic carboxylic acids is 1. The molecular weight excluding hydrogens is 812 g/mol. The summed E-state index contributed by atoms with van der Waals surface area (Å²) in [6.45, 7) is 27.6. The average Bonchev–Trinajstić information content (AvgIpc) is 3.10. The highest BCUT2D eigenvalue weighted by molar-refractivity contribution is 5.93. The van der Waals surface area contributed by atoms with Crippen LogP contribution in [0.3, 0.4) is 0 Å². The van der Waals surface area contributed by atoms with E-state index < -0.39 is 132 Å². The largest absolute Gasteiger partial charge is 0.478 e. The predicted octanol–water partition coefficient (Wildman–Crippen LogP) is 3.82. The Hall–Kier alpha value is -4.97. The van der Waals surface area contributed by atoms with Crippen LogP contribution in [-0.4, -0.2) is 113 Å². The van der Waals surface area contributed by atoms with E-state index in [1.807, 2.05) is 0 Å². The van der Waals surface area contributed by atoms with Gasteiger partial charge >= 0.3 is 35.9 Å². The zero-order valence-corrected chi connectivity index (χ0v) is 39.7. The van der Waals surface area contributed by atoms with Crippen molar-refractivity contribution in [3.8, 4) is 0 Å². The third kappa shape index (κ3) is 20.7. The molecule has 0 aliphatic heterocycles. The third-order valence-corrected chi connectivity index (χ3v) is 8.91. The second-order valence-corrected chi connectivity index (χ2v) is 18.7. The number of carboxylic acids is 1. The van der Waals surface area contributed by atoms with Gasteiger partial charge in [0.2, 0.25) is 6.10 Å². The highest BCUT2D eigenvalue weighted by Crippen LogP contribution is 2.18. The van der Waals surface area contributed by atoms with Gasteiger partial charge in [-0.15, -0.1) is 0 Å². The summed E-state index contributed by atoms with van der Waals surface area (Å²) in [7, 11) is 0. The van der Waals surface area contributed by atoms with E-state index in [0.29, 0.717) is 0 Å². The van der Waals surface area contributed by atoms with Crippen LogP contribution in [0.5, 0.6) is 0 Å². The van der Waals surface area contributed by atoms with E-state index in [-0.39, 0.29) is 24.7 Å². The molecule has 0 fully saturated rings. The molecule has 356 valence electrons. The Labute approximate surface area is 366 Å². The normalized spacial score (nSPS) is 15.7. The van der Waals surface area contributed by atoms with Gasteiger partial charge in [0.1, 0.15) is 29.8 Å². The number of hydrogen-bond acceptors (Lipinski definition) is 14. The van der Waals surface area contributed by atoms with Crippen LogP contribution in [0.4, 0.5) is 4.79 Å². The van der Waals surface area contributed by atoms with Crippen molar-refractivity contribution in [1.82, 2.24) is 21.3 Å². The molecule has 19 nitrogen and oxygen atoms in total. The summed E-state index contributed by atoms with van der Waals surface area (Å²) in [5, 5.41) is 19.3. The van der Waals surface area contributed by atoms with Crippen molar-refractivity contribution in [1.29, 1.82) is 0 Å². The van der Waals surface area contributed by atoms with Crippen LogP contribution < -0.4 is 21.3 Å². The first-order valence-corrected chi connectivity index (χ1v) is 21.2. The SMILES string of the molecule is CC(C)C[C@@H](OC(=O)[C@@H](NC(=O)OC(C)(C)C)C(C)C)C(=O)N[C@H](C)C(=O)O[C@H](C(=O)N[C@H](C(=O)O[C@H](CC(C)C)C(=O)N[C@H](C)C(=O)O[C@H](C(=O)O)C(C)C)C(C)C)C(C)C. The standard InChI is InChI=1S/C43H74N4O15/c1-20(2)18-28(34(48)45-27(14)39(54)61-33(25(11)12)37(51)52)58-40(55)30(22(5)6)46-36(50)32(24(9)10)60-38(53)26(13)44-35(49)29(19-21(3)4)59-41(56)31(23(7)8)47-42(57)62-43(15,16)17/h20-33H,18-19H2,1-17H3,(H,44,49)(H,45,48)(H,46,50)(H,47,57)(H,51,52)/t26-,27-,28-,29-,30+,31+,32+,33+/m1/s1. The summed E-state index contributed by atoms with van der Waals surface area (Å²) in [6, 6.07) is -5.13. The van der Waals surface area contributed by atoms with Gasteiger partial charge in [0.25, 0.3) is 17.7 Å². The average molecular weight is 887 g/mol. The fourth-order valence-electron chi connectivity index (χ4n) is 5.52. The van der Waals surface area contributed by atoms with E-state index in [2.05, 4.69) is 21.3 Å². The number of alkyl carbamates (subject to hydrolysis) is 1. The van der Waals surface area contributed by atoms with Crippen LogP contribution in [-0.2, 0) is 62.0 Å². The maximum absolute atomic E-state index is 13.7. The minimum atomic E-state index is -1.46. The number of carbonyl (C=O) groups excluding carboxylic acids is 8. The summed E-state index contributed by atoms with van der Waals surface area (Å²) >= 11 is 0. The van der Waals surface area contributed by atoms with Crippen LogP contribution in [0, 0.1) is 35.5 Å². The van der Waals surface area contributed by atoms with Gasteiger partial charge in [-0.1, -0.05) is 83.1 Å². The smallest absolute Gasteiger partial charge is 0.408 e. The molecule has 0 radical (unpaired) electrons. The second-order valence-electron chi connectivity index (χ2n) is 18.7. The van der Waals surface area contributed by atoms with Gasteiger partial charge in [0, 0.05) is 5.92 Å². The molecule has 0 aliphatic carbocycles. The van der Waals surface area contributed by atoms with Crippen molar-refractivity contribution in [2.24, 2.45) is 35.5 Å². The number of carboxylic acid groups (broad SMARTS) is 1. The van der Waals surface area contributed by atoms with Crippen LogP contribution in [0.15, 0.2) is 0 Å². The van der Waals surface area contributed by atoms with E-state index in [1.54, 1.807) is 104 Å². The van der Waals surface area contributed by atoms with Crippen molar-refractivity contribution in [3.63, 3.8) is 0 Å². The zero-order valence-electron chi connectivity index (χ0n) is 39.7. The molecule has 0 aromatic rings. The Morgan fingerprint density at radius 1 is 0.452 bits per heavy atom. The molecule has 0 saturated carbocycles. The molecule has 0 aromatic heterocycles. The van der Waals surface area contributed by atoms with Crippen molar-refractivity contribution in [2.45, 2.75) is 185 Å². The number of amides is 4. The van der Waals surface area contributed by atoms with Gasteiger partial charge in [-0.25, -0.2) is 28.8 Å². The lowest BCUT2D eigenvalue weighted by molar-refractivity contribution is -0.169. The second kappa shape index (κ2) is 25.8. The first kappa shape index (κ1) is 57.0. The lowest BCUT2D eigenvalue weighted by Gasteiger charge is -2.29. The Balaban J connectivity index is 5.99. The molecule has 19 heteroatoms. The third-order valence-electron chi connectivity index (χ3n) is 8.91. The molecular formula is C43H74N4O15. The lowest BCUT2D eigenvalue weighted by Crippen LogP contribution is -2.54. The van der Waals surface area contributed by atoms with E-state index in [4.69, 9.17) is 23.7 Å². The summed E-state index contributed by atoms with van der Waals surface area (Å²) in [6.07, 6.45) is -6.46. The zero-order chi connectivity index (χ0) is 48.6. The fourth-order valence-corrected chi connectivity index (χ4v) is 5.52. The van der Waals surface area contributed by atoms with Crippen molar-refractivity contribution >= 4 is 53.7 Å². The molecule has 0 aliphatic rings. The summed E-state index contributed by atoms with van der Waals surface area (Å²) < 4.78 is 27.1. The van der Waals surface area contributed by atoms with Gasteiger partial charge in [0.05, 0.1) is 0 Å². The van der Waals surface area contributed by atoms with E-state index in [1.165, 1.54) is 13.8 Å². The van der Waals surface area contributed by atoms with Gasteiger partial charge in [-0.3, -0.25) is 14.4 Å². The summed E-state index contributed by atoms with van der Waals surface area (Å²) in [5.41, 5.74) is -0.833. The highest BCUT2D eigenvalue weighted by atomic mass is 16.6. The first-order valence-electron chi connectivity index (χ1n) is 21.2. The minimum absolute atomic E-state index is 0.0240. The first-order chi connectivity index (χ1) is 28.3. The summed E-state index contributed by atoms with van der Waals surface area (Å²) in [4.78, 5) is 117. The van der Waals surface area contributed by atoms with E-state index in [0.717, 1.165) is 0 Å². The molecule has 5 N–H and O–H groups in total. The van der Waals surface area contributed by atoms with Gasteiger partial charge < -0.3 is 50.1 Å². The molecule has 8 atom stereocenters. The number of nitrogens with one attached hydrogen (secondary N) is 4. The Morgan fingerprint density at radius 3 is 1.11 bits per heavy atom. The number of rotatable bonds is 24. The highest BCUT2D eigenvalue weighted by Gasteiger charge is 2.38. The Morgan fingerprint density at radius 2 is 0.806 bits per heavy atom. The molecule has 62 heavy (non-hydrogen) atoms. The Kier molecular flexibility index (Phi) is 23.8. The van der Waals surface area contributed by atoms with Crippen LogP contribution in [0.2, 0.25) is 0 Å². The molecule has 0 rings (SSSR count). The topological polar surface area (TPSA) is 268 Å².